The summed E-state index contributed by atoms with van der Waals surface area (Å²) in [6, 6.07) is -1.10. The highest BCUT2D eigenvalue weighted by atomic mass is 31.2. The topological polar surface area (TPSA) is 556 Å². The second-order valence-corrected chi connectivity index (χ2v) is 33.3. The fraction of sp³-hybridized carbons (Fsp3) is 0.985. The van der Waals surface area contributed by atoms with Gasteiger partial charge in [-0.3, -0.25) is 41.0 Å². The second kappa shape index (κ2) is 58.0. The molecule has 1 amide bonds. The third-order valence-electron chi connectivity index (χ3n) is 17.9. The SMILES string of the molecule is COCCCCCC(CO)COCCCOP(=O)(O)OCC(COCCCOP(=O)(O)OCCCCCCO[C@@H]1OC(CO)[C@H](O)[C@H](O)C1C)(COCCCOP(=O)(O)OCCCCCCO[C@@H]1OC(CO)[C@H](O)[C@H](O)C1C)COCCCOP(=O)(O)OCCCCCCO[C@@H]1OC(CO)[C@H](O)[C@H](O)C1NC(C)=O. The predicted molar refractivity (Wildman–Crippen MR) is 384 cm³/mol. The zero-order valence-electron chi connectivity index (χ0n) is 63.7. The maximum atomic E-state index is 13.5. The minimum absolute atomic E-state index is 0.0156. The van der Waals surface area contributed by atoms with Crippen LogP contribution in [0.3, 0.4) is 0 Å². The van der Waals surface area contributed by atoms with Gasteiger partial charge in [-0.2, -0.15) is 0 Å². The Morgan fingerprint density at radius 3 is 1.06 bits per heavy atom. The minimum Gasteiger partial charge on any atom is -0.396 e. The number of carbonyl (C=O) groups excluding carboxylic acids is 1. The summed E-state index contributed by atoms with van der Waals surface area (Å²) in [5.74, 6) is -1.69. The van der Waals surface area contributed by atoms with Crippen LogP contribution in [-0.2, 0) is 111 Å². The summed E-state index contributed by atoms with van der Waals surface area (Å²) in [5.41, 5.74) is -1.47. The molecule has 3 fully saturated rings. The van der Waals surface area contributed by atoms with Gasteiger partial charge in [-0.25, -0.2) is 18.3 Å². The molecule has 43 heteroatoms. The average Bonchev–Trinajstić information content (AvgIpc) is 0.809. The summed E-state index contributed by atoms with van der Waals surface area (Å²) in [6.45, 7) is 0.909. The fourth-order valence-corrected chi connectivity index (χ4v) is 14.7. The Morgan fingerprint density at radius 2 is 0.697 bits per heavy atom. The summed E-state index contributed by atoms with van der Waals surface area (Å²) in [4.78, 5) is 54.1. The molecular formula is C66H131NO38P4. The number of rotatable bonds is 69. The van der Waals surface area contributed by atoms with Gasteiger partial charge in [0, 0.05) is 91.2 Å². The second-order valence-electron chi connectivity index (χ2n) is 27.4. The summed E-state index contributed by atoms with van der Waals surface area (Å²) >= 11 is 0. The third kappa shape index (κ3) is 43.9. The Hall–Kier alpha value is -0.930. The van der Waals surface area contributed by atoms with Crippen molar-refractivity contribution in [3.05, 3.63) is 0 Å². The summed E-state index contributed by atoms with van der Waals surface area (Å²) in [5, 5.41) is 102. The summed E-state index contributed by atoms with van der Waals surface area (Å²) in [7, 11) is -16.8. The van der Waals surface area contributed by atoms with E-state index in [9.17, 15) is 93.7 Å². The summed E-state index contributed by atoms with van der Waals surface area (Å²) in [6.07, 6.45) is -3.65. The molecule has 0 aliphatic carbocycles. The van der Waals surface area contributed by atoms with Crippen molar-refractivity contribution in [2.24, 2.45) is 23.2 Å². The van der Waals surface area contributed by atoms with E-state index in [1.165, 1.54) is 6.92 Å². The lowest BCUT2D eigenvalue weighted by Crippen LogP contribution is -2.64. The molecular weight excluding hydrogens is 1540 g/mol. The van der Waals surface area contributed by atoms with Crippen LogP contribution in [0.5, 0.6) is 0 Å². The number of amides is 1. The number of hydrogen-bond donors (Lipinski definition) is 15. The number of ether oxygens (including phenoxy) is 11. The minimum atomic E-state index is -4.85. The molecule has 0 bridgehead atoms. The van der Waals surface area contributed by atoms with Crippen molar-refractivity contribution in [2.75, 3.05) is 166 Å². The first-order valence-electron chi connectivity index (χ1n) is 37.9. The quantitative estimate of drug-likeness (QED) is 0.0307. The number of methoxy groups -OCH3 is 1. The van der Waals surface area contributed by atoms with Crippen LogP contribution >= 0.6 is 31.3 Å². The molecule has 39 nitrogen and oxygen atoms in total. The van der Waals surface area contributed by atoms with E-state index < -0.39 is 161 Å². The van der Waals surface area contributed by atoms with Gasteiger partial charge in [0.1, 0.15) is 48.8 Å². The van der Waals surface area contributed by atoms with E-state index in [0.29, 0.717) is 83.7 Å². The average molecular weight is 1670 g/mol. The molecule has 109 heavy (non-hydrogen) atoms. The van der Waals surface area contributed by atoms with Crippen molar-refractivity contribution >= 4 is 37.2 Å². The zero-order chi connectivity index (χ0) is 80.6. The number of nitrogens with one attached hydrogen (secondary N) is 1. The molecule has 0 saturated carbocycles. The smallest absolute Gasteiger partial charge is 0.396 e. The first-order valence-corrected chi connectivity index (χ1v) is 43.9. The molecule has 11 unspecified atom stereocenters. The Kier molecular flexibility index (Phi) is 54.4. The molecule has 20 atom stereocenters. The first kappa shape index (κ1) is 102. The highest BCUT2D eigenvalue weighted by Crippen LogP contribution is 2.47. The van der Waals surface area contributed by atoms with E-state index in [0.717, 1.165) is 25.7 Å². The Bertz CT molecular complexity index is 2430. The van der Waals surface area contributed by atoms with Crippen LogP contribution in [0, 0.1) is 23.2 Å². The van der Waals surface area contributed by atoms with E-state index >= 15 is 0 Å². The van der Waals surface area contributed by atoms with E-state index in [-0.39, 0.29) is 157 Å². The Morgan fingerprint density at radius 1 is 0.385 bits per heavy atom. The molecule has 3 saturated heterocycles. The van der Waals surface area contributed by atoms with Crippen molar-refractivity contribution < 1.29 is 182 Å². The van der Waals surface area contributed by atoms with Gasteiger partial charge in [0.25, 0.3) is 0 Å². The lowest BCUT2D eigenvalue weighted by Gasteiger charge is -2.42. The summed E-state index contributed by atoms with van der Waals surface area (Å²) < 4.78 is 157. The Labute approximate surface area is 640 Å². The number of phosphoric ester groups is 4. The van der Waals surface area contributed by atoms with Crippen molar-refractivity contribution in [3.63, 3.8) is 0 Å². The number of unbranched alkanes of at least 4 members (excludes halogenated alkanes) is 11. The van der Waals surface area contributed by atoms with Crippen LogP contribution < -0.4 is 5.32 Å². The maximum absolute atomic E-state index is 13.5. The molecule has 0 spiro atoms. The van der Waals surface area contributed by atoms with E-state index in [1.807, 2.05) is 0 Å². The lowest BCUT2D eigenvalue weighted by molar-refractivity contribution is -0.282. The van der Waals surface area contributed by atoms with Crippen molar-refractivity contribution in [1.82, 2.24) is 5.32 Å². The van der Waals surface area contributed by atoms with Gasteiger partial charge < -0.3 is 128 Å². The molecule has 3 aliphatic rings. The van der Waals surface area contributed by atoms with E-state index in [1.54, 1.807) is 21.0 Å². The van der Waals surface area contributed by atoms with Crippen LogP contribution in [0.4, 0.5) is 0 Å². The van der Waals surface area contributed by atoms with Gasteiger partial charge in [-0.05, 0) is 77.0 Å². The number of aliphatic hydroxyl groups excluding tert-OH is 10. The number of aliphatic hydroxyl groups is 10. The van der Waals surface area contributed by atoms with Gasteiger partial charge in [-0.15, -0.1) is 0 Å². The molecule has 0 radical (unpaired) electrons. The maximum Gasteiger partial charge on any atom is 0.472 e. The zero-order valence-corrected chi connectivity index (χ0v) is 67.3. The van der Waals surface area contributed by atoms with Crippen molar-refractivity contribution in [3.8, 4) is 0 Å². The molecule has 3 heterocycles. The fourth-order valence-electron chi connectivity index (χ4n) is 11.4. The van der Waals surface area contributed by atoms with Gasteiger partial charge in [-0.1, -0.05) is 65.2 Å². The van der Waals surface area contributed by atoms with Crippen LogP contribution in [0.1, 0.15) is 149 Å². The van der Waals surface area contributed by atoms with E-state index in [4.69, 9.17) is 88.3 Å². The van der Waals surface area contributed by atoms with Crippen LogP contribution in [0.15, 0.2) is 0 Å². The van der Waals surface area contributed by atoms with Crippen LogP contribution in [-0.4, -0.2) is 322 Å². The van der Waals surface area contributed by atoms with Crippen LogP contribution in [0.25, 0.3) is 0 Å². The Balaban J connectivity index is 1.60. The lowest BCUT2D eigenvalue weighted by atomic mass is 9.92. The highest BCUT2D eigenvalue weighted by Gasteiger charge is 2.47. The predicted octanol–water partition coefficient (Wildman–Crippen LogP) is 2.77. The van der Waals surface area contributed by atoms with E-state index in [2.05, 4.69) is 5.32 Å². The normalized spacial score (nSPS) is 27.9. The molecule has 3 aliphatic heterocycles. The van der Waals surface area contributed by atoms with Crippen LogP contribution in [0.2, 0.25) is 0 Å². The largest absolute Gasteiger partial charge is 0.472 e. The molecule has 0 aromatic carbocycles. The van der Waals surface area contributed by atoms with Gasteiger partial charge in [0.2, 0.25) is 5.91 Å². The number of carbonyl (C=O) groups is 1. The molecule has 0 aromatic heterocycles. The first-order chi connectivity index (χ1) is 52.0. The molecule has 15 N–H and O–H groups in total. The molecule has 648 valence electrons. The van der Waals surface area contributed by atoms with Gasteiger partial charge in [0.05, 0.1) is 117 Å². The third-order valence-corrected chi connectivity index (χ3v) is 22.0. The standard InChI is InChI=1S/C66H131NO38P4/c1-49-57(73)59(75)53(41-69)103-63(49)92-30-14-5-8-17-33-95-106(79,80)98-37-21-27-89-45-66(48-102-109(85,86)101-36-20-26-88-44-52(40-68)24-12-11-13-25-87-4,46-90-28-22-38-99-107(81,82)96-34-18-9-6-15-31-93-64-50(2)58(74)60(76)54(42-70)104-64)47-91-29-23-39-100-108(83,84)97-35-19-10-7-16-32-94-65-56(67-51(3)72)62(78)61(77)55(43-71)105-65/h49-50,52-65,68-71,73-78H,5-48H2,1-4H3,(H,67,72)(H,79,80)(H,81,82)(H,83,84)(H,85,86)/t49?,50?,52?,53?,54?,55?,56?,57-,58-,59+,60+,61+,62-,63-,64-,65-,66?/m1/s1. The number of hydrogen-bond acceptors (Lipinski definition) is 34. The number of phosphoric acid groups is 4. The highest BCUT2D eigenvalue weighted by molar-refractivity contribution is 7.48. The monoisotopic (exact) mass is 1670 g/mol. The van der Waals surface area contributed by atoms with Crippen molar-refractivity contribution in [2.45, 2.75) is 229 Å². The molecule has 3 rings (SSSR count). The van der Waals surface area contributed by atoms with Gasteiger partial charge in [0.15, 0.2) is 18.9 Å². The van der Waals surface area contributed by atoms with Crippen molar-refractivity contribution in [1.29, 1.82) is 0 Å². The van der Waals surface area contributed by atoms with Gasteiger partial charge >= 0.3 is 31.3 Å². The molecule has 0 aromatic rings.